The van der Waals surface area contributed by atoms with E-state index in [0.717, 1.165) is 15.1 Å². The van der Waals surface area contributed by atoms with Gasteiger partial charge in [0.2, 0.25) is 0 Å². The number of esters is 1. The topological polar surface area (TPSA) is 46.6 Å². The Hall–Kier alpha value is -2.40. The van der Waals surface area contributed by atoms with Crippen LogP contribution >= 0.6 is 11.3 Å². The summed E-state index contributed by atoms with van der Waals surface area (Å²) in [6.45, 7) is 0. The summed E-state index contributed by atoms with van der Waals surface area (Å²) in [5, 5.41) is 1.06. The number of nitrogens with zero attached hydrogens (tertiary/aromatic N) is 1. The van der Waals surface area contributed by atoms with Gasteiger partial charge in [-0.15, -0.1) is 11.3 Å². The second kappa shape index (κ2) is 5.42. The van der Waals surface area contributed by atoms with Crippen molar-refractivity contribution in [2.45, 2.75) is 0 Å². The molecule has 0 saturated carbocycles. The number of carbonyl (C=O) groups excluding carboxylic acids is 1. The van der Waals surface area contributed by atoms with Crippen molar-refractivity contribution in [2.75, 3.05) is 26.1 Å². The van der Waals surface area contributed by atoms with Crippen LogP contribution in [0.4, 0.5) is 5.69 Å². The van der Waals surface area contributed by atoms with Crippen molar-refractivity contribution in [1.82, 2.24) is 0 Å². The lowest BCUT2D eigenvalue weighted by Crippen LogP contribution is -2.14. The van der Waals surface area contributed by atoms with Gasteiger partial charge in [-0.1, -0.05) is 12.1 Å². The summed E-state index contributed by atoms with van der Waals surface area (Å²) < 4.78 is 6.55. The third-order valence-corrected chi connectivity index (χ3v) is 4.71. The average Bonchev–Trinajstić information content (AvgIpc) is 2.53. The molecule has 0 fully saturated rings. The Morgan fingerprint density at radius 3 is 2.55 bits per heavy atom. The van der Waals surface area contributed by atoms with Gasteiger partial charge < -0.3 is 9.64 Å². The second-order valence-corrected chi connectivity index (χ2v) is 6.26. The smallest absolute Gasteiger partial charge is 0.338 e. The summed E-state index contributed by atoms with van der Waals surface area (Å²) in [6.07, 6.45) is 0. The van der Waals surface area contributed by atoms with Crippen molar-refractivity contribution in [2.24, 2.45) is 0 Å². The third kappa shape index (κ3) is 2.23. The zero-order valence-corrected chi connectivity index (χ0v) is 13.4. The molecule has 0 N–H and O–H groups in total. The van der Waals surface area contributed by atoms with Crippen molar-refractivity contribution in [3.63, 3.8) is 0 Å². The minimum atomic E-state index is -0.492. The zero-order chi connectivity index (χ0) is 15.9. The van der Waals surface area contributed by atoms with E-state index in [4.69, 9.17) is 4.74 Å². The van der Waals surface area contributed by atoms with E-state index in [9.17, 15) is 9.59 Å². The van der Waals surface area contributed by atoms with E-state index < -0.39 is 5.97 Å². The summed E-state index contributed by atoms with van der Waals surface area (Å²) in [5.74, 6) is -0.492. The molecular formula is C17H15NO3S. The van der Waals surface area contributed by atoms with Gasteiger partial charge in [0.1, 0.15) is 0 Å². The molecule has 5 heteroatoms. The first-order valence-electron chi connectivity index (χ1n) is 6.78. The van der Waals surface area contributed by atoms with E-state index >= 15 is 0 Å². The van der Waals surface area contributed by atoms with Gasteiger partial charge in [-0.05, 0) is 24.3 Å². The SMILES string of the molecule is COC(=O)c1cc(N(C)C)cc2sc3ccccc3c(=O)c12. The van der Waals surface area contributed by atoms with Gasteiger partial charge >= 0.3 is 5.97 Å². The first kappa shape index (κ1) is 14.5. The maximum absolute atomic E-state index is 12.8. The van der Waals surface area contributed by atoms with Gasteiger partial charge in [0.25, 0.3) is 0 Å². The maximum atomic E-state index is 12.8. The highest BCUT2D eigenvalue weighted by molar-refractivity contribution is 7.24. The Morgan fingerprint density at radius 1 is 1.14 bits per heavy atom. The largest absolute Gasteiger partial charge is 0.465 e. The predicted molar refractivity (Wildman–Crippen MR) is 91.3 cm³/mol. The summed E-state index contributed by atoms with van der Waals surface area (Å²) >= 11 is 1.50. The van der Waals surface area contributed by atoms with Crippen molar-refractivity contribution in [3.05, 3.63) is 52.2 Å². The number of benzene rings is 2. The number of anilines is 1. The zero-order valence-electron chi connectivity index (χ0n) is 12.5. The molecule has 112 valence electrons. The lowest BCUT2D eigenvalue weighted by molar-refractivity contribution is 0.0603. The molecular weight excluding hydrogens is 298 g/mol. The van der Waals surface area contributed by atoms with E-state index in [-0.39, 0.29) is 5.43 Å². The van der Waals surface area contributed by atoms with Crippen LogP contribution in [0, 0.1) is 0 Å². The Morgan fingerprint density at radius 2 is 1.86 bits per heavy atom. The highest BCUT2D eigenvalue weighted by atomic mass is 32.1. The molecule has 0 aliphatic heterocycles. The summed E-state index contributed by atoms with van der Waals surface area (Å²) in [7, 11) is 5.11. The predicted octanol–water partition coefficient (Wildman–Crippen LogP) is 3.27. The molecule has 0 aliphatic carbocycles. The van der Waals surface area contributed by atoms with E-state index in [0.29, 0.717) is 16.3 Å². The van der Waals surface area contributed by atoms with Gasteiger partial charge in [-0.2, -0.15) is 0 Å². The van der Waals surface area contributed by atoms with Crippen LogP contribution in [-0.2, 0) is 4.74 Å². The second-order valence-electron chi connectivity index (χ2n) is 5.18. The fraction of sp³-hybridized carbons (Fsp3) is 0.176. The molecule has 0 radical (unpaired) electrons. The molecule has 0 saturated heterocycles. The minimum absolute atomic E-state index is 0.130. The monoisotopic (exact) mass is 313 g/mol. The van der Waals surface area contributed by atoms with Gasteiger partial charge in [0, 0.05) is 34.6 Å². The lowest BCUT2D eigenvalue weighted by atomic mass is 10.1. The molecule has 0 aliphatic rings. The Bertz CT molecular complexity index is 944. The number of carbonyl (C=O) groups is 1. The van der Waals surface area contributed by atoms with Crippen LogP contribution in [-0.4, -0.2) is 27.2 Å². The first-order valence-corrected chi connectivity index (χ1v) is 7.60. The molecule has 3 rings (SSSR count). The Balaban J connectivity index is 2.51. The van der Waals surface area contributed by atoms with E-state index in [2.05, 4.69) is 0 Å². The highest BCUT2D eigenvalue weighted by Crippen LogP contribution is 2.30. The molecule has 1 aromatic heterocycles. The van der Waals surface area contributed by atoms with E-state index in [1.54, 1.807) is 12.1 Å². The van der Waals surface area contributed by atoms with E-state index in [1.807, 2.05) is 43.3 Å². The molecule has 2 aromatic carbocycles. The van der Waals surface area contributed by atoms with Crippen LogP contribution in [0.5, 0.6) is 0 Å². The maximum Gasteiger partial charge on any atom is 0.338 e. The van der Waals surface area contributed by atoms with E-state index in [1.165, 1.54) is 18.4 Å². The van der Waals surface area contributed by atoms with Crippen molar-refractivity contribution in [1.29, 1.82) is 0 Å². The van der Waals surface area contributed by atoms with Gasteiger partial charge in [0.15, 0.2) is 5.43 Å². The van der Waals surface area contributed by atoms with Gasteiger partial charge in [0.05, 0.1) is 18.1 Å². The molecule has 0 unspecified atom stereocenters. The fourth-order valence-corrected chi connectivity index (χ4v) is 3.58. The van der Waals surface area contributed by atoms with Crippen molar-refractivity contribution >= 4 is 43.2 Å². The van der Waals surface area contributed by atoms with Crippen LogP contribution in [0.3, 0.4) is 0 Å². The van der Waals surface area contributed by atoms with Crippen LogP contribution in [0.15, 0.2) is 41.2 Å². The normalized spacial score (nSPS) is 10.9. The van der Waals surface area contributed by atoms with Crippen molar-refractivity contribution in [3.8, 4) is 0 Å². The van der Waals surface area contributed by atoms with Crippen LogP contribution in [0.25, 0.3) is 20.2 Å². The van der Waals surface area contributed by atoms with Crippen LogP contribution < -0.4 is 10.3 Å². The summed E-state index contributed by atoms with van der Waals surface area (Å²) in [4.78, 5) is 26.8. The molecule has 0 spiro atoms. The molecule has 0 amide bonds. The number of fused-ring (bicyclic) bond motifs is 2. The first-order chi connectivity index (χ1) is 10.5. The van der Waals surface area contributed by atoms with Crippen LogP contribution in [0.1, 0.15) is 10.4 Å². The molecule has 22 heavy (non-hydrogen) atoms. The third-order valence-electron chi connectivity index (χ3n) is 3.59. The fourth-order valence-electron chi connectivity index (χ4n) is 2.44. The number of ether oxygens (including phenoxy) is 1. The molecule has 1 heterocycles. The molecule has 0 bridgehead atoms. The van der Waals surface area contributed by atoms with Crippen LogP contribution in [0.2, 0.25) is 0 Å². The van der Waals surface area contributed by atoms with Gasteiger partial charge in [-0.25, -0.2) is 4.79 Å². The Labute approximate surface area is 131 Å². The number of methoxy groups -OCH3 is 1. The molecule has 3 aromatic rings. The quantitative estimate of drug-likeness (QED) is 0.538. The minimum Gasteiger partial charge on any atom is -0.465 e. The van der Waals surface area contributed by atoms with Crippen molar-refractivity contribution < 1.29 is 9.53 Å². The number of hydrogen-bond donors (Lipinski definition) is 0. The van der Waals surface area contributed by atoms with Gasteiger partial charge in [-0.3, -0.25) is 4.79 Å². The average molecular weight is 313 g/mol. The number of rotatable bonds is 2. The molecule has 0 atom stereocenters. The summed E-state index contributed by atoms with van der Waals surface area (Å²) in [5.41, 5.74) is 1.05. The highest BCUT2D eigenvalue weighted by Gasteiger charge is 2.17. The number of hydrogen-bond acceptors (Lipinski definition) is 5. The lowest BCUT2D eigenvalue weighted by Gasteiger charge is -2.15. The summed E-state index contributed by atoms with van der Waals surface area (Å²) in [6, 6.07) is 11.1. The Kier molecular flexibility index (Phi) is 3.58. The molecule has 4 nitrogen and oxygen atoms in total. The standard InChI is InChI=1S/C17H15NO3S/c1-18(2)10-8-12(17(20)21-3)15-14(9-10)22-13-7-5-4-6-11(13)16(15)19/h4-9H,1-3H3.